The van der Waals surface area contributed by atoms with E-state index >= 15 is 0 Å². The summed E-state index contributed by atoms with van der Waals surface area (Å²) in [7, 11) is 0. The van der Waals surface area contributed by atoms with Gasteiger partial charge in [0.15, 0.2) is 0 Å². The number of benzene rings is 2. The molecular weight excluding hydrogens is 763 g/mol. The Bertz CT molecular complexity index is 1820. The number of unbranched alkanes of at least 4 members (excludes halogenated alkanes) is 2. The molecule has 4 aliphatic rings. The molecule has 2 saturated carbocycles. The third kappa shape index (κ3) is 10.3. The van der Waals surface area contributed by atoms with Crippen molar-refractivity contribution in [2.24, 2.45) is 28.8 Å². The first-order valence-corrected chi connectivity index (χ1v) is 22.2. The number of ether oxygens (including phenoxy) is 3. The van der Waals surface area contributed by atoms with Crippen molar-refractivity contribution in [2.75, 3.05) is 33.0 Å². The van der Waals surface area contributed by atoms with Gasteiger partial charge in [-0.25, -0.2) is 0 Å². The number of non-ortho nitro benzene ring substituents is 1. The maximum atomic E-state index is 14.7. The molecule has 0 unspecified atom stereocenters. The lowest BCUT2D eigenvalue weighted by Gasteiger charge is -2.60. The van der Waals surface area contributed by atoms with Gasteiger partial charge in [-0.3, -0.25) is 14.9 Å². The van der Waals surface area contributed by atoms with Gasteiger partial charge in [-0.05, 0) is 97.7 Å². The lowest BCUT2D eigenvalue weighted by molar-refractivity contribution is -0.384. The Labute approximate surface area is 355 Å². The zero-order valence-corrected chi connectivity index (χ0v) is 35.4. The minimum absolute atomic E-state index is 0.000482. The smallest absolute Gasteiger partial charge is 0.269 e. The number of carbonyl (C=O) groups excluding carboxylic acids is 1. The van der Waals surface area contributed by atoms with Crippen LogP contribution in [0.2, 0.25) is 0 Å². The minimum Gasteiger partial charge on any atom is -0.490 e. The van der Waals surface area contributed by atoms with Crippen molar-refractivity contribution in [3.63, 3.8) is 0 Å². The van der Waals surface area contributed by atoms with E-state index in [1.54, 1.807) is 24.3 Å². The van der Waals surface area contributed by atoms with Crippen LogP contribution in [0.25, 0.3) is 0 Å². The van der Waals surface area contributed by atoms with E-state index in [0.717, 1.165) is 68.1 Å². The topological polar surface area (TPSA) is 153 Å². The standard InChI is InChI=1S/C48H65N3O9/c1-4-25-50(45(54)24-19-34-13-7-8-14-34)44-32-42(49-59-33-35-17-20-37(21-18-35)51(55)56)40-30-36(15-9-11-26-52)39(16-10-12-27-53)46-41-31-38(57-28-5-2)22-23-43(41)60-48(44,47(40)46)58-29-6-3/h5-6,17-18,20-23,30-31,34,36,39,44,46-47,52-53H,2-4,7-16,19,24-29,32-33H2,1H3/t36-,39+,44-,46+,47+,48+/m0/s1. The minimum atomic E-state index is -1.32. The van der Waals surface area contributed by atoms with Crippen LogP contribution in [0.1, 0.15) is 114 Å². The van der Waals surface area contributed by atoms with E-state index in [1.807, 2.05) is 17.0 Å². The SMILES string of the molecule is C=CCOc1ccc2c(c1)[C@H]1[C@H](CCCCO)[C@@H](CCCCO)C=C3C(=NOCc4ccc([N+](=O)[O-])cc4)C[C@H](N(CCC)C(=O)CCC4CCCC4)[C@@](OCC=C)(O2)[C@H]31. The van der Waals surface area contributed by atoms with Crippen LogP contribution in [0.15, 0.2) is 84.6 Å². The number of nitro groups is 1. The van der Waals surface area contributed by atoms with E-state index in [0.29, 0.717) is 62.0 Å². The van der Waals surface area contributed by atoms with Crippen LogP contribution in [0, 0.1) is 33.8 Å². The summed E-state index contributed by atoms with van der Waals surface area (Å²) in [6, 6.07) is 11.6. The number of hydrogen-bond donors (Lipinski definition) is 2. The van der Waals surface area contributed by atoms with Crippen LogP contribution < -0.4 is 9.47 Å². The Hall–Kier alpha value is -4.52. The Kier molecular flexibility index (Phi) is 16.4. The molecule has 0 aromatic heterocycles. The third-order valence-corrected chi connectivity index (χ3v) is 13.0. The molecule has 2 aromatic rings. The van der Waals surface area contributed by atoms with Crippen LogP contribution in [0.5, 0.6) is 11.5 Å². The second kappa shape index (κ2) is 21.8. The monoisotopic (exact) mass is 827 g/mol. The summed E-state index contributed by atoms with van der Waals surface area (Å²) >= 11 is 0. The Morgan fingerprint density at radius 2 is 1.75 bits per heavy atom. The Balaban J connectivity index is 1.53. The largest absolute Gasteiger partial charge is 0.490 e. The molecule has 1 heterocycles. The number of nitro benzene ring substituents is 1. The normalized spacial score (nSPS) is 25.1. The molecule has 1 amide bonds. The number of rotatable bonds is 24. The first-order chi connectivity index (χ1) is 29.3. The molecule has 60 heavy (non-hydrogen) atoms. The number of aliphatic hydroxyl groups is 2. The zero-order chi connectivity index (χ0) is 42.5. The average molecular weight is 828 g/mol. The molecule has 0 spiro atoms. The number of amides is 1. The lowest BCUT2D eigenvalue weighted by atomic mass is 9.55. The summed E-state index contributed by atoms with van der Waals surface area (Å²) in [4.78, 5) is 33.8. The van der Waals surface area contributed by atoms with Crippen LogP contribution >= 0.6 is 0 Å². The van der Waals surface area contributed by atoms with Crippen molar-refractivity contribution in [1.82, 2.24) is 4.90 Å². The molecule has 6 rings (SSSR count). The third-order valence-electron chi connectivity index (χ3n) is 13.0. The molecule has 1 aliphatic heterocycles. The summed E-state index contributed by atoms with van der Waals surface area (Å²) in [5.41, 5.74) is 3.40. The molecule has 2 fully saturated rings. The molecule has 6 atom stereocenters. The number of nitrogens with zero attached hydrogens (tertiary/aromatic N) is 3. The molecule has 12 heteroatoms. The second-order valence-electron chi connectivity index (χ2n) is 16.8. The quantitative estimate of drug-likeness (QED) is 0.0457. The molecule has 0 saturated heterocycles. The highest BCUT2D eigenvalue weighted by atomic mass is 16.7. The van der Waals surface area contributed by atoms with Crippen molar-refractivity contribution in [1.29, 1.82) is 0 Å². The first-order valence-electron chi connectivity index (χ1n) is 22.2. The highest BCUT2D eigenvalue weighted by molar-refractivity contribution is 6.03. The van der Waals surface area contributed by atoms with Gasteiger partial charge < -0.3 is 34.2 Å². The van der Waals surface area contributed by atoms with Crippen LogP contribution in [-0.2, 0) is 21.0 Å². The van der Waals surface area contributed by atoms with Crippen LogP contribution in [0.3, 0.4) is 0 Å². The molecule has 3 aliphatic carbocycles. The average Bonchev–Trinajstić information content (AvgIpc) is 3.79. The number of carbonyl (C=O) groups is 1. The van der Waals surface area contributed by atoms with Gasteiger partial charge in [-0.2, -0.15) is 0 Å². The second-order valence-corrected chi connectivity index (χ2v) is 16.8. The van der Waals surface area contributed by atoms with Crippen molar-refractivity contribution in [3.8, 4) is 11.5 Å². The van der Waals surface area contributed by atoms with Crippen LogP contribution in [0.4, 0.5) is 5.69 Å². The predicted octanol–water partition coefficient (Wildman–Crippen LogP) is 9.20. The van der Waals surface area contributed by atoms with Gasteiger partial charge in [0.2, 0.25) is 11.7 Å². The molecule has 0 radical (unpaired) electrons. The molecule has 326 valence electrons. The van der Waals surface area contributed by atoms with Gasteiger partial charge >= 0.3 is 0 Å². The fraction of sp³-hybridized carbons (Fsp3) is 0.583. The van der Waals surface area contributed by atoms with Gasteiger partial charge in [-0.15, -0.1) is 6.58 Å². The van der Waals surface area contributed by atoms with Gasteiger partial charge in [-0.1, -0.05) is 75.4 Å². The number of aliphatic hydroxyl groups excluding tert-OH is 2. The van der Waals surface area contributed by atoms with Crippen molar-refractivity contribution < 1.29 is 39.0 Å². The molecule has 2 N–H and O–H groups in total. The molecule has 2 aromatic carbocycles. The van der Waals surface area contributed by atoms with E-state index in [1.165, 1.54) is 25.0 Å². The van der Waals surface area contributed by atoms with Gasteiger partial charge in [0, 0.05) is 56.2 Å². The molecule has 12 nitrogen and oxygen atoms in total. The van der Waals surface area contributed by atoms with Gasteiger partial charge in [0.25, 0.3) is 5.69 Å². The maximum absolute atomic E-state index is 14.7. The fourth-order valence-electron chi connectivity index (χ4n) is 10.3. The number of fused-ring (bicyclic) bond motifs is 2. The van der Waals surface area contributed by atoms with E-state index < -0.39 is 22.7 Å². The lowest BCUT2D eigenvalue weighted by Crippen LogP contribution is -2.70. The van der Waals surface area contributed by atoms with Crippen molar-refractivity contribution in [2.45, 2.75) is 121 Å². The van der Waals surface area contributed by atoms with Crippen molar-refractivity contribution in [3.05, 3.63) is 101 Å². The number of allylic oxidation sites excluding steroid dienone is 1. The van der Waals surface area contributed by atoms with E-state index in [4.69, 9.17) is 24.2 Å². The van der Waals surface area contributed by atoms with Gasteiger partial charge in [0.1, 0.15) is 30.8 Å². The predicted molar refractivity (Wildman–Crippen MR) is 232 cm³/mol. The molecular formula is C48H65N3O9. The van der Waals surface area contributed by atoms with E-state index in [-0.39, 0.29) is 55.8 Å². The summed E-state index contributed by atoms with van der Waals surface area (Å²) in [5, 5.41) is 36.0. The van der Waals surface area contributed by atoms with Gasteiger partial charge in [0.05, 0.1) is 23.2 Å². The summed E-state index contributed by atoms with van der Waals surface area (Å²) in [6.45, 7) is 11.3. The number of oxime groups is 1. The number of hydrogen-bond acceptors (Lipinski definition) is 10. The maximum Gasteiger partial charge on any atom is 0.269 e. The van der Waals surface area contributed by atoms with E-state index in [9.17, 15) is 25.1 Å². The van der Waals surface area contributed by atoms with E-state index in [2.05, 4.69) is 32.2 Å². The van der Waals surface area contributed by atoms with Crippen LogP contribution in [-0.4, -0.2) is 76.5 Å². The first kappa shape index (κ1) is 45.0. The summed E-state index contributed by atoms with van der Waals surface area (Å²) in [5.74, 6) is 0.278. The highest BCUT2D eigenvalue weighted by Gasteiger charge is 2.65. The fourth-order valence-corrected chi connectivity index (χ4v) is 10.3. The Morgan fingerprint density at radius 3 is 2.43 bits per heavy atom. The van der Waals surface area contributed by atoms with Crippen molar-refractivity contribution >= 4 is 17.3 Å². The Morgan fingerprint density at radius 1 is 1.02 bits per heavy atom. The molecule has 0 bridgehead atoms. The highest BCUT2D eigenvalue weighted by Crippen LogP contribution is 2.62. The summed E-state index contributed by atoms with van der Waals surface area (Å²) < 4.78 is 20.6. The zero-order valence-electron chi connectivity index (χ0n) is 35.4. The summed E-state index contributed by atoms with van der Waals surface area (Å²) in [6.07, 6.45) is 17.5.